The number of aromatic nitrogens is 3. The highest BCUT2D eigenvalue weighted by Crippen LogP contribution is 2.25. The molecule has 0 unspecified atom stereocenters. The maximum absolute atomic E-state index is 11.0. The molecule has 2 heterocycles. The molecule has 0 radical (unpaired) electrons. The van der Waals surface area contributed by atoms with Crippen molar-refractivity contribution < 1.29 is 19.3 Å². The zero-order valence-electron chi connectivity index (χ0n) is 17.1. The molecule has 0 aliphatic heterocycles. The standard InChI is InChI=1S/C7H9NO2S.C4H4N2O3.3C2H6/c1-3-5(9)6-7(10)4(2)11-8-6;1-2(7)3-4(8)6-9-5-3;3*1-2/h10H,3H2,1-2H3;1H3,(H,6,8);3*1-2H3. The zero-order chi connectivity index (χ0) is 21.3. The minimum Gasteiger partial charge on any atom is -0.504 e. The minimum atomic E-state index is -0.581. The zero-order valence-corrected chi connectivity index (χ0v) is 17.9. The summed E-state index contributed by atoms with van der Waals surface area (Å²) in [6.07, 6.45) is 0.386. The first-order chi connectivity index (χ1) is 12.4. The molecule has 2 aromatic rings. The number of H-pyrrole nitrogens is 1. The topological polar surface area (TPSA) is 126 Å². The molecule has 9 heteroatoms. The van der Waals surface area contributed by atoms with E-state index in [-0.39, 0.29) is 22.9 Å². The van der Waals surface area contributed by atoms with Crippen LogP contribution in [-0.4, -0.2) is 31.4 Å². The summed E-state index contributed by atoms with van der Waals surface area (Å²) in [5.74, 6) is -0.460. The number of aromatic amines is 1. The van der Waals surface area contributed by atoms with Crippen molar-refractivity contribution in [2.75, 3.05) is 0 Å². The third-order valence-corrected chi connectivity index (χ3v) is 2.98. The average molecular weight is 390 g/mol. The maximum Gasteiger partial charge on any atom is 0.311 e. The Kier molecular flexibility index (Phi) is 19.2. The van der Waals surface area contributed by atoms with Gasteiger partial charge < -0.3 is 5.11 Å². The summed E-state index contributed by atoms with van der Waals surface area (Å²) < 4.78 is 7.93. The molecular formula is C17H31N3O5S. The Hall–Kier alpha value is -2.29. The number of aromatic hydroxyl groups is 1. The summed E-state index contributed by atoms with van der Waals surface area (Å²) in [4.78, 5) is 32.5. The number of carbonyl (C=O) groups is 2. The van der Waals surface area contributed by atoms with Crippen molar-refractivity contribution in [3.63, 3.8) is 0 Å². The van der Waals surface area contributed by atoms with Crippen LogP contribution in [0.15, 0.2) is 9.42 Å². The van der Waals surface area contributed by atoms with Gasteiger partial charge in [0.1, 0.15) is 0 Å². The van der Waals surface area contributed by atoms with E-state index in [0.717, 1.165) is 11.5 Å². The number of ketones is 2. The Labute approximate surface area is 158 Å². The van der Waals surface area contributed by atoms with E-state index in [1.165, 1.54) is 6.92 Å². The first-order valence-electron chi connectivity index (χ1n) is 8.62. The Bertz CT molecular complexity index is 674. The summed E-state index contributed by atoms with van der Waals surface area (Å²) in [6, 6.07) is 0. The molecule has 8 nitrogen and oxygen atoms in total. The lowest BCUT2D eigenvalue weighted by Gasteiger charge is -1.91. The van der Waals surface area contributed by atoms with Crippen molar-refractivity contribution in [3.05, 3.63) is 26.6 Å². The van der Waals surface area contributed by atoms with Crippen LogP contribution >= 0.6 is 11.5 Å². The molecule has 26 heavy (non-hydrogen) atoms. The number of hydrogen-bond donors (Lipinski definition) is 2. The first-order valence-corrected chi connectivity index (χ1v) is 9.39. The summed E-state index contributed by atoms with van der Waals surface area (Å²) in [5.41, 5.74) is -0.549. The molecule has 0 amide bonds. The van der Waals surface area contributed by atoms with E-state index in [4.69, 9.17) is 0 Å². The number of hydrogen-bond acceptors (Lipinski definition) is 8. The van der Waals surface area contributed by atoms with Crippen molar-refractivity contribution in [2.24, 2.45) is 0 Å². The van der Waals surface area contributed by atoms with Gasteiger partial charge in [0.25, 0.3) is 0 Å². The third kappa shape index (κ3) is 9.87. The molecule has 0 aromatic carbocycles. The van der Waals surface area contributed by atoms with Crippen LogP contribution < -0.4 is 5.56 Å². The van der Waals surface area contributed by atoms with Crippen LogP contribution in [0.3, 0.4) is 0 Å². The van der Waals surface area contributed by atoms with E-state index in [1.54, 1.807) is 13.8 Å². The van der Waals surface area contributed by atoms with Gasteiger partial charge in [0.15, 0.2) is 23.0 Å². The molecule has 150 valence electrons. The normalized spacial score (nSPS) is 8.19. The predicted octanol–water partition coefficient (Wildman–Crippen LogP) is 4.39. The molecule has 0 saturated heterocycles. The molecule has 0 aliphatic carbocycles. The quantitative estimate of drug-likeness (QED) is 0.745. The van der Waals surface area contributed by atoms with Crippen molar-refractivity contribution in [2.45, 2.75) is 68.7 Å². The van der Waals surface area contributed by atoms with E-state index in [9.17, 15) is 19.5 Å². The minimum absolute atomic E-state index is 0.0434. The van der Waals surface area contributed by atoms with Gasteiger partial charge in [-0.25, -0.2) is 0 Å². The molecule has 0 spiro atoms. The fourth-order valence-corrected chi connectivity index (χ4v) is 1.74. The van der Waals surface area contributed by atoms with Crippen LogP contribution in [0.2, 0.25) is 0 Å². The highest BCUT2D eigenvalue weighted by atomic mass is 32.1. The third-order valence-electron chi connectivity index (χ3n) is 2.24. The van der Waals surface area contributed by atoms with E-state index in [2.05, 4.69) is 14.2 Å². The molecule has 0 fully saturated rings. The largest absolute Gasteiger partial charge is 0.504 e. The SMILES string of the molecule is CC.CC.CC.CC(=O)c1no[nH]c1=O.CCC(=O)c1nsc(C)c1O. The molecule has 2 N–H and O–H groups in total. The number of carbonyl (C=O) groups excluding carboxylic acids is 2. The van der Waals surface area contributed by atoms with Crippen LogP contribution in [0.5, 0.6) is 5.75 Å². The summed E-state index contributed by atoms with van der Waals surface area (Å²) >= 11 is 1.15. The molecule has 0 aliphatic rings. The lowest BCUT2D eigenvalue weighted by Crippen LogP contribution is -2.10. The van der Waals surface area contributed by atoms with Crippen molar-refractivity contribution in [1.29, 1.82) is 0 Å². The van der Waals surface area contributed by atoms with Gasteiger partial charge in [0.2, 0.25) is 5.69 Å². The second kappa shape index (κ2) is 17.5. The van der Waals surface area contributed by atoms with E-state index >= 15 is 0 Å². The van der Waals surface area contributed by atoms with Gasteiger partial charge in [0, 0.05) is 13.3 Å². The summed E-state index contributed by atoms with van der Waals surface area (Å²) in [6.45, 7) is 16.7. The summed E-state index contributed by atoms with van der Waals surface area (Å²) in [5, 5.41) is 14.3. The predicted molar refractivity (Wildman–Crippen MR) is 104 cm³/mol. The average Bonchev–Trinajstić information content (AvgIpc) is 3.26. The highest BCUT2D eigenvalue weighted by Gasteiger charge is 2.14. The highest BCUT2D eigenvalue weighted by molar-refractivity contribution is 7.06. The van der Waals surface area contributed by atoms with Gasteiger partial charge in [-0.3, -0.25) is 19.0 Å². The molecule has 0 atom stereocenters. The maximum atomic E-state index is 11.0. The van der Waals surface area contributed by atoms with Crippen LogP contribution in [0.4, 0.5) is 0 Å². The van der Waals surface area contributed by atoms with Gasteiger partial charge in [-0.05, 0) is 23.6 Å². The smallest absolute Gasteiger partial charge is 0.311 e. The van der Waals surface area contributed by atoms with Crippen LogP contribution in [0, 0.1) is 6.92 Å². The van der Waals surface area contributed by atoms with Crippen molar-refractivity contribution in [1.82, 2.24) is 14.7 Å². The van der Waals surface area contributed by atoms with E-state index < -0.39 is 11.3 Å². The Morgan fingerprint density at radius 1 is 1.12 bits per heavy atom. The number of nitrogens with one attached hydrogen (secondary N) is 1. The van der Waals surface area contributed by atoms with Gasteiger partial charge in [-0.15, -0.1) is 0 Å². The van der Waals surface area contributed by atoms with Gasteiger partial charge in [0.05, 0.1) is 4.88 Å². The van der Waals surface area contributed by atoms with Gasteiger partial charge in [-0.2, -0.15) is 9.53 Å². The number of Topliss-reactive ketones (excluding diaryl/α,β-unsaturated/α-hetero) is 2. The fraction of sp³-hybridized carbons (Fsp3) is 0.588. The monoisotopic (exact) mass is 389 g/mol. The first kappa shape index (κ1) is 28.5. The van der Waals surface area contributed by atoms with E-state index in [1.807, 2.05) is 46.7 Å². The van der Waals surface area contributed by atoms with Gasteiger partial charge >= 0.3 is 5.56 Å². The van der Waals surface area contributed by atoms with Crippen LogP contribution in [-0.2, 0) is 0 Å². The number of nitrogens with zero attached hydrogens (tertiary/aromatic N) is 2. The van der Waals surface area contributed by atoms with Crippen molar-refractivity contribution in [3.8, 4) is 5.75 Å². The molecular weight excluding hydrogens is 358 g/mol. The Balaban J connectivity index is -0.000000319. The summed E-state index contributed by atoms with van der Waals surface area (Å²) in [7, 11) is 0. The van der Waals surface area contributed by atoms with E-state index in [0.29, 0.717) is 11.3 Å². The number of rotatable bonds is 3. The lowest BCUT2D eigenvalue weighted by molar-refractivity contribution is 0.0979. The van der Waals surface area contributed by atoms with Gasteiger partial charge in [-0.1, -0.05) is 48.5 Å². The Morgan fingerprint density at radius 3 is 1.85 bits per heavy atom. The Morgan fingerprint density at radius 2 is 1.62 bits per heavy atom. The lowest BCUT2D eigenvalue weighted by atomic mass is 10.2. The second-order valence-electron chi connectivity index (χ2n) is 3.73. The second-order valence-corrected chi connectivity index (χ2v) is 4.71. The molecule has 2 aromatic heterocycles. The molecule has 0 saturated carbocycles. The molecule has 2 rings (SSSR count). The van der Waals surface area contributed by atoms with Crippen molar-refractivity contribution >= 4 is 23.1 Å². The fourth-order valence-electron chi connectivity index (χ4n) is 1.14. The number of aryl methyl sites for hydroxylation is 1. The van der Waals surface area contributed by atoms with Crippen LogP contribution in [0.1, 0.15) is 87.7 Å². The molecule has 0 bridgehead atoms. The van der Waals surface area contributed by atoms with Crippen LogP contribution in [0.25, 0.3) is 0 Å².